The summed E-state index contributed by atoms with van der Waals surface area (Å²) in [5.74, 6) is -0.563. The number of carbonyl (C=O) groups excluding carboxylic acids is 1. The highest BCUT2D eigenvalue weighted by atomic mass is 32.1. The number of hydrogen-bond acceptors (Lipinski definition) is 7. The minimum absolute atomic E-state index is 0.158. The fraction of sp³-hybridized carbons (Fsp3) is 0.250. The van der Waals surface area contributed by atoms with Gasteiger partial charge in [0.2, 0.25) is 5.72 Å². The van der Waals surface area contributed by atoms with Gasteiger partial charge in [-0.2, -0.15) is 0 Å². The Labute approximate surface area is 168 Å². The summed E-state index contributed by atoms with van der Waals surface area (Å²) in [6, 6.07) is 10.8. The first-order chi connectivity index (χ1) is 13.5. The van der Waals surface area contributed by atoms with E-state index in [9.17, 15) is 9.59 Å². The number of thiazole rings is 1. The average molecular weight is 412 g/mol. The van der Waals surface area contributed by atoms with Gasteiger partial charge in [-0.3, -0.25) is 14.2 Å². The van der Waals surface area contributed by atoms with Crippen LogP contribution in [0.15, 0.2) is 51.6 Å². The molecule has 0 saturated heterocycles. The number of para-hydroxylation sites is 1. The lowest BCUT2D eigenvalue weighted by atomic mass is 9.81. The van der Waals surface area contributed by atoms with Crippen molar-refractivity contribution in [3.05, 3.63) is 71.9 Å². The molecule has 0 spiro atoms. The summed E-state index contributed by atoms with van der Waals surface area (Å²) in [5.41, 5.74) is -0.507. The molecule has 142 valence electrons. The highest BCUT2D eigenvalue weighted by molar-refractivity contribution is 7.11. The van der Waals surface area contributed by atoms with E-state index >= 15 is 0 Å². The first-order valence-corrected chi connectivity index (χ1v) is 10.4. The number of aromatic nitrogens is 1. The van der Waals surface area contributed by atoms with Gasteiger partial charge >= 0.3 is 5.97 Å². The Balaban J connectivity index is 1.83. The smallest absolute Gasteiger partial charge is 0.317 e. The Morgan fingerprint density at radius 3 is 2.89 bits per heavy atom. The number of esters is 1. The van der Waals surface area contributed by atoms with Crippen LogP contribution in [-0.4, -0.2) is 23.4 Å². The first-order valence-electron chi connectivity index (χ1n) is 8.74. The molecular weight excluding hydrogens is 396 g/mol. The topological polar surface area (TPSA) is 69.9 Å². The maximum absolute atomic E-state index is 13.3. The molecule has 0 amide bonds. The maximum atomic E-state index is 13.3. The molecule has 6 nitrogen and oxygen atoms in total. The molecule has 28 heavy (non-hydrogen) atoms. The fourth-order valence-electron chi connectivity index (χ4n) is 3.93. The second kappa shape index (κ2) is 6.15. The molecule has 0 fully saturated rings. The van der Waals surface area contributed by atoms with Crippen molar-refractivity contribution < 1.29 is 14.3 Å². The van der Waals surface area contributed by atoms with Crippen LogP contribution in [0, 0.1) is 5.92 Å². The SMILES string of the molecule is COC(=O)[C@H]1[C@@H]2c3ccccc3O[C@]1(C)N=c1s/c(=C/c3cccs3)c(=O)n12. The Hall–Kier alpha value is -2.71. The zero-order chi connectivity index (χ0) is 19.5. The molecule has 4 heterocycles. The van der Waals surface area contributed by atoms with Crippen LogP contribution in [0.25, 0.3) is 6.08 Å². The van der Waals surface area contributed by atoms with Gasteiger partial charge in [0.15, 0.2) is 4.80 Å². The van der Waals surface area contributed by atoms with Crippen molar-refractivity contribution in [3.63, 3.8) is 0 Å². The quantitative estimate of drug-likeness (QED) is 0.603. The molecular formula is C20H16N2O4S2. The van der Waals surface area contributed by atoms with Crippen LogP contribution in [0.2, 0.25) is 0 Å². The number of hydrogen-bond donors (Lipinski definition) is 0. The lowest BCUT2D eigenvalue weighted by Gasteiger charge is -2.44. The third kappa shape index (κ3) is 2.41. The van der Waals surface area contributed by atoms with Crippen molar-refractivity contribution in [2.24, 2.45) is 10.9 Å². The molecule has 0 radical (unpaired) electrons. The van der Waals surface area contributed by atoms with Crippen LogP contribution in [0.5, 0.6) is 5.75 Å². The van der Waals surface area contributed by atoms with E-state index in [0.717, 1.165) is 10.4 Å². The standard InChI is InChI=1S/C20H16N2O4S2/c1-20-15(18(24)25-2)16(12-7-3-4-8-13(12)26-20)22-17(23)14(28-19(22)21-20)10-11-6-5-9-27-11/h3-10,15-16H,1-2H3/b14-10+/t15-,16+,20+/m1/s1. The first kappa shape index (κ1) is 17.4. The molecule has 8 heteroatoms. The van der Waals surface area contributed by atoms with E-state index in [4.69, 9.17) is 14.5 Å². The third-order valence-electron chi connectivity index (χ3n) is 5.15. The van der Waals surface area contributed by atoms with E-state index in [-0.39, 0.29) is 5.56 Å². The van der Waals surface area contributed by atoms with Crippen LogP contribution in [0.1, 0.15) is 23.4 Å². The van der Waals surface area contributed by atoms with Crippen LogP contribution >= 0.6 is 22.7 Å². The van der Waals surface area contributed by atoms with Crippen LogP contribution in [0.4, 0.5) is 0 Å². The third-order valence-corrected chi connectivity index (χ3v) is 6.95. The summed E-state index contributed by atoms with van der Waals surface area (Å²) in [6.07, 6.45) is 1.87. The van der Waals surface area contributed by atoms with E-state index in [2.05, 4.69) is 0 Å². The number of carbonyl (C=O) groups is 1. The summed E-state index contributed by atoms with van der Waals surface area (Å²) >= 11 is 2.88. The number of ether oxygens (including phenoxy) is 2. The molecule has 1 aromatic carbocycles. The highest BCUT2D eigenvalue weighted by Crippen LogP contribution is 2.47. The van der Waals surface area contributed by atoms with Crippen molar-refractivity contribution >= 4 is 34.7 Å². The normalized spacial score (nSPS) is 25.3. The summed E-state index contributed by atoms with van der Waals surface area (Å²) in [7, 11) is 1.34. The Kier molecular flexibility index (Phi) is 3.82. The fourth-order valence-corrected chi connectivity index (χ4v) is 5.76. The van der Waals surface area contributed by atoms with Gasteiger partial charge < -0.3 is 9.47 Å². The zero-order valence-corrected chi connectivity index (χ0v) is 16.8. The van der Waals surface area contributed by atoms with Gasteiger partial charge in [-0.25, -0.2) is 4.99 Å². The van der Waals surface area contributed by atoms with Crippen LogP contribution in [0.3, 0.4) is 0 Å². The molecule has 2 bridgehead atoms. The number of nitrogens with zero attached hydrogens (tertiary/aromatic N) is 2. The van der Waals surface area contributed by atoms with Gasteiger partial charge in [0.1, 0.15) is 11.7 Å². The molecule has 0 aliphatic carbocycles. The Morgan fingerprint density at radius 1 is 1.32 bits per heavy atom. The second-order valence-electron chi connectivity index (χ2n) is 6.84. The highest BCUT2D eigenvalue weighted by Gasteiger charge is 2.55. The number of thiophene rings is 1. The molecule has 2 aliphatic rings. The summed E-state index contributed by atoms with van der Waals surface area (Å²) in [6.45, 7) is 1.77. The monoisotopic (exact) mass is 412 g/mol. The van der Waals surface area contributed by atoms with Gasteiger partial charge in [0.25, 0.3) is 5.56 Å². The largest absolute Gasteiger partial charge is 0.469 e. The lowest BCUT2D eigenvalue weighted by molar-refractivity contribution is -0.158. The second-order valence-corrected chi connectivity index (χ2v) is 8.82. The number of fused-ring (bicyclic) bond motifs is 6. The molecule has 0 N–H and O–H groups in total. The molecule has 0 unspecified atom stereocenters. The number of benzene rings is 1. The van der Waals surface area contributed by atoms with Crippen molar-refractivity contribution in [3.8, 4) is 5.75 Å². The van der Waals surface area contributed by atoms with Gasteiger partial charge in [-0.1, -0.05) is 35.6 Å². The van der Waals surface area contributed by atoms with Gasteiger partial charge in [0.05, 0.1) is 17.7 Å². The minimum atomic E-state index is -1.14. The number of methoxy groups -OCH3 is 1. The molecule has 3 atom stereocenters. The van der Waals surface area contributed by atoms with E-state index < -0.39 is 23.7 Å². The van der Waals surface area contributed by atoms with E-state index in [1.807, 2.05) is 47.9 Å². The zero-order valence-electron chi connectivity index (χ0n) is 15.1. The summed E-state index contributed by atoms with van der Waals surface area (Å²) in [5, 5.41) is 1.97. The molecule has 2 aromatic heterocycles. The van der Waals surface area contributed by atoms with Crippen molar-refractivity contribution in [1.82, 2.24) is 4.57 Å². The molecule has 3 aromatic rings. The van der Waals surface area contributed by atoms with Crippen molar-refractivity contribution in [2.45, 2.75) is 18.7 Å². The average Bonchev–Trinajstić information content (AvgIpc) is 3.28. The number of rotatable bonds is 2. The lowest BCUT2D eigenvalue weighted by Crippen LogP contribution is -2.58. The minimum Gasteiger partial charge on any atom is -0.469 e. The van der Waals surface area contributed by atoms with Crippen LogP contribution < -0.4 is 19.6 Å². The molecule has 5 rings (SSSR count). The predicted molar refractivity (Wildman–Crippen MR) is 106 cm³/mol. The van der Waals surface area contributed by atoms with E-state index in [1.165, 1.54) is 18.4 Å². The van der Waals surface area contributed by atoms with Crippen LogP contribution in [-0.2, 0) is 9.53 Å². The van der Waals surface area contributed by atoms with Gasteiger partial charge in [-0.15, -0.1) is 11.3 Å². The maximum Gasteiger partial charge on any atom is 0.317 e. The molecule has 0 saturated carbocycles. The summed E-state index contributed by atoms with van der Waals surface area (Å²) in [4.78, 5) is 32.2. The summed E-state index contributed by atoms with van der Waals surface area (Å²) < 4.78 is 13.4. The van der Waals surface area contributed by atoms with E-state index in [1.54, 1.807) is 22.8 Å². The van der Waals surface area contributed by atoms with Crippen molar-refractivity contribution in [2.75, 3.05) is 7.11 Å². The van der Waals surface area contributed by atoms with Gasteiger partial charge in [-0.05, 0) is 30.5 Å². The predicted octanol–water partition coefficient (Wildman–Crippen LogP) is 1.92. The van der Waals surface area contributed by atoms with Crippen molar-refractivity contribution in [1.29, 1.82) is 0 Å². The van der Waals surface area contributed by atoms with Gasteiger partial charge in [0, 0.05) is 10.4 Å². The molecule has 2 aliphatic heterocycles. The van der Waals surface area contributed by atoms with E-state index in [0.29, 0.717) is 15.1 Å². The Bertz CT molecular complexity index is 1260. The Morgan fingerprint density at radius 2 is 2.14 bits per heavy atom.